The van der Waals surface area contributed by atoms with Crippen LogP contribution >= 0.6 is 0 Å². The summed E-state index contributed by atoms with van der Waals surface area (Å²) in [5.74, 6) is 6.21. The standard InChI is InChI=1S/C13H17N3O/c14-15-11-4-2-10(3-5-11)13(17)16-8-9-1-6-12(16)7-9/h2-5,9,12,15H,1,6-8,14H2. The quantitative estimate of drug-likeness (QED) is 0.600. The number of anilines is 1. The molecular weight excluding hydrogens is 214 g/mol. The van der Waals surface area contributed by atoms with Crippen LogP contribution in [0.25, 0.3) is 0 Å². The normalized spacial score (nSPS) is 26.3. The van der Waals surface area contributed by atoms with Crippen LogP contribution in [0.1, 0.15) is 29.6 Å². The van der Waals surface area contributed by atoms with E-state index in [2.05, 4.69) is 5.43 Å². The summed E-state index contributed by atoms with van der Waals surface area (Å²) in [6.07, 6.45) is 3.68. The smallest absolute Gasteiger partial charge is 0.254 e. The van der Waals surface area contributed by atoms with Gasteiger partial charge in [0, 0.05) is 23.8 Å². The van der Waals surface area contributed by atoms with Crippen molar-refractivity contribution in [2.75, 3.05) is 12.0 Å². The number of carbonyl (C=O) groups excluding carboxylic acids is 1. The SMILES string of the molecule is NNc1ccc(C(=O)N2CC3CCC2C3)cc1. The van der Waals surface area contributed by atoms with E-state index in [4.69, 9.17) is 5.84 Å². The van der Waals surface area contributed by atoms with Crippen LogP contribution in [0.15, 0.2) is 24.3 Å². The molecule has 3 rings (SSSR count). The van der Waals surface area contributed by atoms with Crippen molar-refractivity contribution in [3.05, 3.63) is 29.8 Å². The lowest BCUT2D eigenvalue weighted by atomic mass is 10.1. The monoisotopic (exact) mass is 231 g/mol. The van der Waals surface area contributed by atoms with Gasteiger partial charge in [-0.3, -0.25) is 10.6 Å². The molecule has 4 heteroatoms. The van der Waals surface area contributed by atoms with Gasteiger partial charge in [0.2, 0.25) is 0 Å². The molecule has 1 aromatic carbocycles. The summed E-state index contributed by atoms with van der Waals surface area (Å²) in [5.41, 5.74) is 4.15. The summed E-state index contributed by atoms with van der Waals surface area (Å²) >= 11 is 0. The molecule has 2 unspecified atom stereocenters. The van der Waals surface area contributed by atoms with Crippen molar-refractivity contribution in [3.63, 3.8) is 0 Å². The number of piperidine rings is 1. The van der Waals surface area contributed by atoms with Gasteiger partial charge in [0.25, 0.3) is 5.91 Å². The van der Waals surface area contributed by atoms with E-state index < -0.39 is 0 Å². The third-order valence-electron chi connectivity index (χ3n) is 3.97. The Kier molecular flexibility index (Phi) is 2.52. The minimum Gasteiger partial charge on any atom is -0.335 e. The Morgan fingerprint density at radius 2 is 2.06 bits per heavy atom. The van der Waals surface area contributed by atoms with Crippen molar-refractivity contribution in [3.8, 4) is 0 Å². The summed E-state index contributed by atoms with van der Waals surface area (Å²) in [6.45, 7) is 0.945. The van der Waals surface area contributed by atoms with E-state index in [1.54, 1.807) is 0 Å². The second-order valence-corrected chi connectivity index (χ2v) is 5.01. The fourth-order valence-corrected chi connectivity index (χ4v) is 3.05. The van der Waals surface area contributed by atoms with E-state index in [1.807, 2.05) is 29.2 Å². The maximum Gasteiger partial charge on any atom is 0.254 e. The number of hydrogen-bond acceptors (Lipinski definition) is 3. The number of hydrazine groups is 1. The highest BCUT2D eigenvalue weighted by Gasteiger charge is 2.40. The van der Waals surface area contributed by atoms with E-state index in [1.165, 1.54) is 19.3 Å². The van der Waals surface area contributed by atoms with E-state index in [9.17, 15) is 4.79 Å². The number of benzene rings is 1. The predicted octanol–water partition coefficient (Wildman–Crippen LogP) is 1.60. The van der Waals surface area contributed by atoms with Crippen LogP contribution < -0.4 is 11.3 Å². The number of carbonyl (C=O) groups is 1. The Labute approximate surface area is 101 Å². The minimum absolute atomic E-state index is 0.167. The van der Waals surface area contributed by atoms with Gasteiger partial charge in [-0.1, -0.05) is 0 Å². The first kappa shape index (κ1) is 10.6. The number of nitrogen functional groups attached to an aromatic ring is 1. The molecule has 1 saturated heterocycles. The molecule has 1 aliphatic heterocycles. The molecule has 2 fully saturated rings. The molecule has 1 aromatic rings. The topological polar surface area (TPSA) is 58.4 Å². The first-order valence-corrected chi connectivity index (χ1v) is 6.15. The lowest BCUT2D eigenvalue weighted by Crippen LogP contribution is -2.37. The summed E-state index contributed by atoms with van der Waals surface area (Å²) < 4.78 is 0. The van der Waals surface area contributed by atoms with Crippen LogP contribution in [0.2, 0.25) is 0 Å². The number of nitrogens with two attached hydrogens (primary N) is 1. The number of rotatable bonds is 2. The van der Waals surface area contributed by atoms with Crippen molar-refractivity contribution in [2.24, 2.45) is 11.8 Å². The van der Waals surface area contributed by atoms with Gasteiger partial charge in [0.05, 0.1) is 0 Å². The Balaban J connectivity index is 1.77. The summed E-state index contributed by atoms with van der Waals surface area (Å²) in [5, 5.41) is 0. The molecule has 3 N–H and O–H groups in total. The Hall–Kier alpha value is -1.55. The van der Waals surface area contributed by atoms with Crippen LogP contribution in [0.5, 0.6) is 0 Å². The fraction of sp³-hybridized carbons (Fsp3) is 0.462. The molecule has 90 valence electrons. The molecule has 0 spiro atoms. The predicted molar refractivity (Wildman–Crippen MR) is 66.4 cm³/mol. The number of fused-ring (bicyclic) bond motifs is 2. The van der Waals surface area contributed by atoms with Gasteiger partial charge in [-0.25, -0.2) is 0 Å². The number of likely N-dealkylation sites (tertiary alicyclic amines) is 1. The minimum atomic E-state index is 0.167. The zero-order valence-electron chi connectivity index (χ0n) is 9.73. The zero-order valence-corrected chi connectivity index (χ0v) is 9.73. The molecule has 0 radical (unpaired) electrons. The van der Waals surface area contributed by atoms with Gasteiger partial charge in [-0.15, -0.1) is 0 Å². The van der Waals surface area contributed by atoms with Crippen LogP contribution in [-0.4, -0.2) is 23.4 Å². The number of nitrogens with zero attached hydrogens (tertiary/aromatic N) is 1. The zero-order chi connectivity index (χ0) is 11.8. The average Bonchev–Trinajstić information content (AvgIpc) is 3.00. The Morgan fingerprint density at radius 1 is 1.29 bits per heavy atom. The van der Waals surface area contributed by atoms with Gasteiger partial charge in [-0.05, 0) is 49.4 Å². The highest BCUT2D eigenvalue weighted by Crippen LogP contribution is 2.38. The van der Waals surface area contributed by atoms with Crippen LogP contribution in [0, 0.1) is 5.92 Å². The third-order valence-corrected chi connectivity index (χ3v) is 3.97. The maximum absolute atomic E-state index is 12.3. The lowest BCUT2D eigenvalue weighted by molar-refractivity contribution is 0.0703. The van der Waals surface area contributed by atoms with Crippen LogP contribution in [0.4, 0.5) is 5.69 Å². The number of amides is 1. The van der Waals surface area contributed by atoms with Crippen molar-refractivity contribution in [1.29, 1.82) is 0 Å². The average molecular weight is 231 g/mol. The first-order chi connectivity index (χ1) is 8.28. The molecule has 0 aromatic heterocycles. The fourth-order valence-electron chi connectivity index (χ4n) is 3.05. The Bertz CT molecular complexity index is 429. The van der Waals surface area contributed by atoms with E-state index in [0.717, 1.165) is 23.7 Å². The van der Waals surface area contributed by atoms with Gasteiger partial charge >= 0.3 is 0 Å². The molecular formula is C13H17N3O. The molecule has 2 bridgehead atoms. The summed E-state index contributed by atoms with van der Waals surface area (Å²) in [6, 6.07) is 7.83. The maximum atomic E-state index is 12.3. The number of nitrogens with one attached hydrogen (secondary N) is 1. The molecule has 1 amide bonds. The molecule has 4 nitrogen and oxygen atoms in total. The Morgan fingerprint density at radius 3 is 2.59 bits per heavy atom. The summed E-state index contributed by atoms with van der Waals surface area (Å²) in [7, 11) is 0. The molecule has 1 aliphatic carbocycles. The van der Waals surface area contributed by atoms with E-state index in [0.29, 0.717) is 6.04 Å². The van der Waals surface area contributed by atoms with E-state index >= 15 is 0 Å². The number of hydrogen-bond donors (Lipinski definition) is 2. The van der Waals surface area contributed by atoms with Crippen molar-refractivity contribution in [2.45, 2.75) is 25.3 Å². The highest BCUT2D eigenvalue weighted by molar-refractivity contribution is 5.95. The van der Waals surface area contributed by atoms with Gasteiger partial charge in [0.15, 0.2) is 0 Å². The second kappa shape index (κ2) is 4.04. The third kappa shape index (κ3) is 1.78. The molecule has 2 atom stereocenters. The summed E-state index contributed by atoms with van der Waals surface area (Å²) in [4.78, 5) is 14.4. The van der Waals surface area contributed by atoms with Gasteiger partial charge in [-0.2, -0.15) is 0 Å². The highest BCUT2D eigenvalue weighted by atomic mass is 16.2. The second-order valence-electron chi connectivity index (χ2n) is 5.01. The van der Waals surface area contributed by atoms with Crippen LogP contribution in [0.3, 0.4) is 0 Å². The van der Waals surface area contributed by atoms with Crippen molar-refractivity contribution < 1.29 is 4.79 Å². The van der Waals surface area contributed by atoms with Gasteiger partial charge in [0.1, 0.15) is 0 Å². The van der Waals surface area contributed by atoms with Gasteiger partial charge < -0.3 is 10.3 Å². The van der Waals surface area contributed by atoms with Crippen LogP contribution in [-0.2, 0) is 0 Å². The van der Waals surface area contributed by atoms with E-state index in [-0.39, 0.29) is 5.91 Å². The first-order valence-electron chi connectivity index (χ1n) is 6.15. The molecule has 2 aliphatic rings. The molecule has 1 heterocycles. The lowest BCUT2D eigenvalue weighted by Gasteiger charge is -2.27. The largest absolute Gasteiger partial charge is 0.335 e. The molecule has 17 heavy (non-hydrogen) atoms. The molecule has 1 saturated carbocycles. The van der Waals surface area contributed by atoms with Crippen molar-refractivity contribution >= 4 is 11.6 Å². The van der Waals surface area contributed by atoms with Crippen molar-refractivity contribution in [1.82, 2.24) is 4.90 Å².